The summed E-state index contributed by atoms with van der Waals surface area (Å²) in [6.45, 7) is 3.97. The highest BCUT2D eigenvalue weighted by Gasteiger charge is 1.96. The summed E-state index contributed by atoms with van der Waals surface area (Å²) in [6.07, 6.45) is 0. The van der Waals surface area contributed by atoms with Crippen molar-refractivity contribution < 1.29 is 0 Å². The molecular formula is C9H12N. The number of benzene rings is 1. The van der Waals surface area contributed by atoms with Crippen LogP contribution in [0, 0.1) is 13.0 Å². The van der Waals surface area contributed by atoms with Crippen LogP contribution < -0.4 is 5.73 Å². The van der Waals surface area contributed by atoms with Crippen molar-refractivity contribution in [2.75, 3.05) is 0 Å². The lowest BCUT2D eigenvalue weighted by atomic mass is 10.1. The fraction of sp³-hybridized carbons (Fsp3) is 0.222. The monoisotopic (exact) mass is 134 g/mol. The SMILES string of the molecule is C[C](N)c1ccc(C)cc1. The largest absolute Gasteiger partial charge is 0.320 e. The minimum Gasteiger partial charge on any atom is -0.320 e. The van der Waals surface area contributed by atoms with Crippen LogP contribution in [0.3, 0.4) is 0 Å². The van der Waals surface area contributed by atoms with E-state index in [9.17, 15) is 0 Å². The molecule has 0 unspecified atom stereocenters. The van der Waals surface area contributed by atoms with Crippen molar-refractivity contribution in [3.63, 3.8) is 0 Å². The number of nitrogens with two attached hydrogens (primary N) is 1. The molecule has 0 spiro atoms. The molecule has 1 aromatic rings. The van der Waals surface area contributed by atoms with Crippen LogP contribution in [0.4, 0.5) is 0 Å². The molecular weight excluding hydrogens is 122 g/mol. The molecule has 1 rings (SSSR count). The smallest absolute Gasteiger partial charge is 0.0603 e. The molecule has 53 valence electrons. The van der Waals surface area contributed by atoms with Crippen molar-refractivity contribution in [2.45, 2.75) is 13.8 Å². The molecule has 0 atom stereocenters. The predicted molar refractivity (Wildman–Crippen MR) is 43.4 cm³/mol. The van der Waals surface area contributed by atoms with Gasteiger partial charge in [-0.1, -0.05) is 29.8 Å². The molecule has 0 aliphatic carbocycles. The Kier molecular flexibility index (Phi) is 2.07. The quantitative estimate of drug-likeness (QED) is 0.623. The standard InChI is InChI=1S/C9H12N/c1-7-3-5-9(6-4-7)8(2)10/h3-6H,10H2,1-2H3. The van der Waals surface area contributed by atoms with Crippen molar-refractivity contribution in [3.8, 4) is 0 Å². The highest BCUT2D eigenvalue weighted by atomic mass is 14.6. The Morgan fingerprint density at radius 2 is 1.70 bits per heavy atom. The average Bonchev–Trinajstić information content (AvgIpc) is 1.88. The molecule has 0 saturated heterocycles. The maximum Gasteiger partial charge on any atom is 0.0603 e. The van der Waals surface area contributed by atoms with Crippen molar-refractivity contribution in [2.24, 2.45) is 5.73 Å². The van der Waals surface area contributed by atoms with E-state index in [-0.39, 0.29) is 0 Å². The van der Waals surface area contributed by atoms with Gasteiger partial charge in [0.15, 0.2) is 0 Å². The first-order valence-corrected chi connectivity index (χ1v) is 3.36. The first-order chi connectivity index (χ1) is 4.70. The second-order valence-electron chi connectivity index (χ2n) is 2.55. The van der Waals surface area contributed by atoms with Crippen LogP contribution in [0.15, 0.2) is 24.3 Å². The summed E-state index contributed by atoms with van der Waals surface area (Å²) in [5.74, 6) is 0. The molecule has 1 heteroatoms. The molecule has 0 bridgehead atoms. The lowest BCUT2D eigenvalue weighted by Gasteiger charge is -2.02. The Balaban J connectivity index is 2.89. The predicted octanol–water partition coefficient (Wildman–Crippen LogP) is 1.85. The molecule has 0 saturated carbocycles. The Bertz CT molecular complexity index is 198. The van der Waals surface area contributed by atoms with Gasteiger partial charge in [0.25, 0.3) is 0 Å². The summed E-state index contributed by atoms with van der Waals surface area (Å²) in [7, 11) is 0. The van der Waals surface area contributed by atoms with Crippen LogP contribution >= 0.6 is 0 Å². The molecule has 10 heavy (non-hydrogen) atoms. The molecule has 1 radical (unpaired) electrons. The summed E-state index contributed by atoms with van der Waals surface area (Å²) in [5, 5.41) is 0. The van der Waals surface area contributed by atoms with Gasteiger partial charge in [-0.25, -0.2) is 0 Å². The van der Waals surface area contributed by atoms with Crippen LogP contribution in [-0.4, -0.2) is 0 Å². The lowest BCUT2D eigenvalue weighted by molar-refractivity contribution is 1.09. The molecule has 0 aromatic heterocycles. The van der Waals surface area contributed by atoms with Crippen LogP contribution in [0.5, 0.6) is 0 Å². The third-order valence-corrected chi connectivity index (χ3v) is 1.51. The van der Waals surface area contributed by atoms with E-state index in [0.717, 1.165) is 11.6 Å². The second kappa shape index (κ2) is 2.84. The minimum atomic E-state index is 0.875. The van der Waals surface area contributed by atoms with Gasteiger partial charge in [0, 0.05) is 0 Å². The Hall–Kier alpha value is -0.820. The molecule has 1 nitrogen and oxygen atoms in total. The van der Waals surface area contributed by atoms with Gasteiger partial charge in [-0.2, -0.15) is 0 Å². The Morgan fingerprint density at radius 3 is 2.10 bits per heavy atom. The maximum atomic E-state index is 5.58. The van der Waals surface area contributed by atoms with E-state index < -0.39 is 0 Å². The van der Waals surface area contributed by atoms with Gasteiger partial charge in [0.1, 0.15) is 0 Å². The second-order valence-corrected chi connectivity index (χ2v) is 2.55. The third kappa shape index (κ3) is 1.58. The highest BCUT2D eigenvalue weighted by Crippen LogP contribution is 2.08. The first kappa shape index (κ1) is 7.29. The Morgan fingerprint density at radius 1 is 1.20 bits per heavy atom. The molecule has 0 fully saturated rings. The zero-order valence-electron chi connectivity index (χ0n) is 6.39. The van der Waals surface area contributed by atoms with E-state index in [1.54, 1.807) is 0 Å². The molecule has 0 heterocycles. The van der Waals surface area contributed by atoms with Crippen LogP contribution in [0.2, 0.25) is 0 Å². The third-order valence-electron chi connectivity index (χ3n) is 1.51. The average molecular weight is 134 g/mol. The van der Waals surface area contributed by atoms with Crippen molar-refractivity contribution in [3.05, 3.63) is 41.4 Å². The van der Waals surface area contributed by atoms with Gasteiger partial charge in [-0.3, -0.25) is 0 Å². The zero-order chi connectivity index (χ0) is 7.56. The Labute approximate surface area is 61.9 Å². The van der Waals surface area contributed by atoms with Crippen LogP contribution in [0.1, 0.15) is 18.1 Å². The molecule has 2 N–H and O–H groups in total. The van der Waals surface area contributed by atoms with Crippen molar-refractivity contribution in [1.29, 1.82) is 0 Å². The fourth-order valence-electron chi connectivity index (χ4n) is 0.816. The molecule has 0 aliphatic rings. The van der Waals surface area contributed by atoms with Crippen LogP contribution in [0.25, 0.3) is 0 Å². The van der Waals surface area contributed by atoms with Gasteiger partial charge < -0.3 is 5.73 Å². The fourth-order valence-corrected chi connectivity index (χ4v) is 0.816. The van der Waals surface area contributed by atoms with E-state index >= 15 is 0 Å². The van der Waals surface area contributed by atoms with Gasteiger partial charge in [-0.05, 0) is 19.4 Å². The van der Waals surface area contributed by atoms with E-state index in [1.165, 1.54) is 5.56 Å². The van der Waals surface area contributed by atoms with E-state index in [1.807, 2.05) is 19.1 Å². The van der Waals surface area contributed by atoms with Gasteiger partial charge in [0.05, 0.1) is 6.04 Å². The number of hydrogen-bond acceptors (Lipinski definition) is 1. The van der Waals surface area contributed by atoms with E-state index in [0.29, 0.717) is 0 Å². The summed E-state index contributed by atoms with van der Waals surface area (Å²) in [5.41, 5.74) is 7.97. The molecule has 0 aliphatic heterocycles. The van der Waals surface area contributed by atoms with E-state index in [2.05, 4.69) is 19.1 Å². The summed E-state index contributed by atoms with van der Waals surface area (Å²) in [6, 6.07) is 9.06. The lowest BCUT2D eigenvalue weighted by Crippen LogP contribution is -2.05. The number of aryl methyl sites for hydroxylation is 1. The van der Waals surface area contributed by atoms with E-state index in [4.69, 9.17) is 5.73 Å². The van der Waals surface area contributed by atoms with Crippen molar-refractivity contribution >= 4 is 0 Å². The summed E-state index contributed by atoms with van der Waals surface area (Å²) >= 11 is 0. The number of rotatable bonds is 1. The van der Waals surface area contributed by atoms with Gasteiger partial charge >= 0.3 is 0 Å². The van der Waals surface area contributed by atoms with Crippen molar-refractivity contribution in [1.82, 2.24) is 0 Å². The number of hydrogen-bond donors (Lipinski definition) is 1. The normalized spacial score (nSPS) is 10.4. The minimum absolute atomic E-state index is 0.875. The first-order valence-electron chi connectivity index (χ1n) is 3.36. The highest BCUT2D eigenvalue weighted by molar-refractivity contribution is 5.30. The molecule has 0 amide bonds. The summed E-state index contributed by atoms with van der Waals surface area (Å²) in [4.78, 5) is 0. The van der Waals surface area contributed by atoms with Gasteiger partial charge in [0.2, 0.25) is 0 Å². The van der Waals surface area contributed by atoms with Gasteiger partial charge in [-0.15, -0.1) is 0 Å². The molecule has 1 aromatic carbocycles. The topological polar surface area (TPSA) is 26.0 Å². The zero-order valence-corrected chi connectivity index (χ0v) is 6.39. The summed E-state index contributed by atoms with van der Waals surface area (Å²) < 4.78 is 0. The van der Waals surface area contributed by atoms with Crippen LogP contribution in [-0.2, 0) is 0 Å². The maximum absolute atomic E-state index is 5.58.